The van der Waals surface area contributed by atoms with Gasteiger partial charge in [-0.3, -0.25) is 9.79 Å². The number of nitrogens with one attached hydrogen (secondary N) is 3. The van der Waals surface area contributed by atoms with Gasteiger partial charge in [-0.25, -0.2) is 4.79 Å². The second kappa shape index (κ2) is 10.1. The number of fused-ring (bicyclic) bond motifs is 1. The lowest BCUT2D eigenvalue weighted by atomic mass is 9.90. The molecule has 2 rings (SSSR count). The molecule has 0 fully saturated rings. The molecule has 0 saturated heterocycles. The first-order valence-corrected chi connectivity index (χ1v) is 10.0. The Morgan fingerprint density at radius 3 is 2.69 bits per heavy atom. The van der Waals surface area contributed by atoms with Crippen LogP contribution in [0.3, 0.4) is 0 Å². The number of hydrogen-bond donors (Lipinski definition) is 3. The van der Waals surface area contributed by atoms with Crippen molar-refractivity contribution in [2.24, 2.45) is 4.99 Å². The van der Waals surface area contributed by atoms with Crippen molar-refractivity contribution in [2.45, 2.75) is 45.6 Å². The van der Waals surface area contributed by atoms with Gasteiger partial charge in [-0.05, 0) is 39.3 Å². The quantitative estimate of drug-likeness (QED) is 0.501. The molecule has 2 amide bonds. The number of benzene rings is 1. The second-order valence-electron chi connectivity index (χ2n) is 7.98. The molecule has 1 unspecified atom stereocenters. The maximum atomic E-state index is 12.2. The van der Waals surface area contributed by atoms with Crippen LogP contribution in [0.15, 0.2) is 29.3 Å². The monoisotopic (exact) mass is 403 g/mol. The van der Waals surface area contributed by atoms with E-state index in [2.05, 4.69) is 20.9 Å². The van der Waals surface area contributed by atoms with Gasteiger partial charge in [0.25, 0.3) is 0 Å². The van der Waals surface area contributed by atoms with Crippen molar-refractivity contribution in [1.29, 1.82) is 0 Å². The van der Waals surface area contributed by atoms with Crippen molar-refractivity contribution in [1.82, 2.24) is 15.5 Å². The van der Waals surface area contributed by atoms with E-state index in [1.165, 1.54) is 0 Å². The molecular weight excluding hydrogens is 370 g/mol. The number of amides is 2. The molecule has 1 aliphatic rings. The molecule has 1 heterocycles. The van der Waals surface area contributed by atoms with Gasteiger partial charge in [0, 0.05) is 51.3 Å². The van der Waals surface area contributed by atoms with Crippen LogP contribution in [0.1, 0.15) is 45.6 Å². The highest BCUT2D eigenvalue weighted by molar-refractivity contribution is 5.94. The van der Waals surface area contributed by atoms with E-state index in [-0.39, 0.29) is 17.9 Å². The molecule has 8 heteroatoms. The Morgan fingerprint density at radius 2 is 2.03 bits per heavy atom. The van der Waals surface area contributed by atoms with Crippen LogP contribution in [0.2, 0.25) is 0 Å². The highest BCUT2D eigenvalue weighted by atomic mass is 16.6. The molecule has 0 bridgehead atoms. The van der Waals surface area contributed by atoms with E-state index in [9.17, 15) is 9.59 Å². The van der Waals surface area contributed by atoms with E-state index < -0.39 is 5.60 Å². The third-order valence-corrected chi connectivity index (χ3v) is 4.55. The van der Waals surface area contributed by atoms with Gasteiger partial charge in [-0.15, -0.1) is 0 Å². The maximum Gasteiger partial charge on any atom is 0.410 e. The number of aliphatic imine (C=N–C) groups is 1. The number of carbonyl (C=O) groups is 2. The molecule has 29 heavy (non-hydrogen) atoms. The topological polar surface area (TPSA) is 95.1 Å². The van der Waals surface area contributed by atoms with Crippen LogP contribution >= 0.6 is 0 Å². The summed E-state index contributed by atoms with van der Waals surface area (Å²) in [6.45, 7) is 9.67. The van der Waals surface area contributed by atoms with Crippen molar-refractivity contribution in [3.8, 4) is 0 Å². The zero-order valence-electron chi connectivity index (χ0n) is 18.0. The summed E-state index contributed by atoms with van der Waals surface area (Å²) in [7, 11) is 1.70. The maximum absolute atomic E-state index is 12.2. The normalized spacial score (nSPS) is 16.5. The lowest BCUT2D eigenvalue weighted by molar-refractivity contribution is -0.116. The van der Waals surface area contributed by atoms with E-state index >= 15 is 0 Å². The van der Waals surface area contributed by atoms with Gasteiger partial charge in [-0.1, -0.05) is 18.2 Å². The predicted octanol–water partition coefficient (Wildman–Crippen LogP) is 2.53. The molecule has 0 radical (unpaired) electrons. The highest BCUT2D eigenvalue weighted by Gasteiger charge is 2.25. The fraction of sp³-hybridized carbons (Fsp3) is 0.571. The van der Waals surface area contributed by atoms with Crippen molar-refractivity contribution in [2.75, 3.05) is 38.5 Å². The van der Waals surface area contributed by atoms with Crippen molar-refractivity contribution < 1.29 is 14.3 Å². The van der Waals surface area contributed by atoms with E-state index in [1.807, 2.05) is 52.0 Å². The van der Waals surface area contributed by atoms with E-state index in [1.54, 1.807) is 11.9 Å². The third-order valence-electron chi connectivity index (χ3n) is 4.55. The highest BCUT2D eigenvalue weighted by Crippen LogP contribution is 2.31. The summed E-state index contributed by atoms with van der Waals surface area (Å²) in [5.41, 5.74) is 1.48. The number of carbonyl (C=O) groups excluding carboxylic acids is 2. The van der Waals surface area contributed by atoms with Gasteiger partial charge in [0.15, 0.2) is 5.96 Å². The number of nitrogens with zero attached hydrogens (tertiary/aromatic N) is 2. The van der Waals surface area contributed by atoms with Crippen molar-refractivity contribution in [3.05, 3.63) is 29.8 Å². The largest absolute Gasteiger partial charge is 0.444 e. The Hall–Kier alpha value is -2.77. The molecule has 1 aromatic rings. The number of para-hydroxylation sites is 1. The molecule has 0 saturated carbocycles. The van der Waals surface area contributed by atoms with Crippen LogP contribution in [0, 0.1) is 0 Å². The van der Waals surface area contributed by atoms with Crippen molar-refractivity contribution in [3.63, 3.8) is 0 Å². The lowest BCUT2D eigenvalue weighted by Gasteiger charge is -2.27. The Bertz CT molecular complexity index is 742. The van der Waals surface area contributed by atoms with Crippen LogP contribution in [-0.4, -0.2) is 61.7 Å². The van der Waals surface area contributed by atoms with Crippen molar-refractivity contribution >= 4 is 23.6 Å². The van der Waals surface area contributed by atoms with Crippen LogP contribution < -0.4 is 16.0 Å². The smallest absolute Gasteiger partial charge is 0.410 e. The van der Waals surface area contributed by atoms with Gasteiger partial charge in [0.2, 0.25) is 5.91 Å². The lowest BCUT2D eigenvalue weighted by Crippen LogP contribution is -2.45. The second-order valence-corrected chi connectivity index (χ2v) is 7.98. The molecule has 0 aromatic heterocycles. The molecular formula is C21H33N5O3. The van der Waals surface area contributed by atoms with Crippen LogP contribution in [0.4, 0.5) is 10.5 Å². The molecule has 0 aliphatic carbocycles. The molecule has 8 nitrogen and oxygen atoms in total. The summed E-state index contributed by atoms with van der Waals surface area (Å²) in [5, 5.41) is 9.41. The minimum absolute atomic E-state index is 0.0226. The number of rotatable bonds is 6. The number of ether oxygens (including phenoxy) is 1. The van der Waals surface area contributed by atoms with Crippen LogP contribution in [0.25, 0.3) is 0 Å². The summed E-state index contributed by atoms with van der Waals surface area (Å²) in [6, 6.07) is 7.85. The van der Waals surface area contributed by atoms with Gasteiger partial charge in [0.05, 0.1) is 0 Å². The average molecular weight is 404 g/mol. The Kier molecular flexibility index (Phi) is 7.87. The molecule has 1 atom stereocenters. The fourth-order valence-corrected chi connectivity index (χ4v) is 3.14. The number of hydrogen-bond acceptors (Lipinski definition) is 4. The van der Waals surface area contributed by atoms with Crippen LogP contribution in [0.5, 0.6) is 0 Å². The summed E-state index contributed by atoms with van der Waals surface area (Å²) in [6.07, 6.45) is 0.109. The molecule has 160 valence electrons. The van der Waals surface area contributed by atoms with Crippen LogP contribution in [-0.2, 0) is 9.53 Å². The zero-order chi connectivity index (χ0) is 21.4. The first-order valence-electron chi connectivity index (χ1n) is 10.0. The molecule has 1 aliphatic heterocycles. The zero-order valence-corrected chi connectivity index (χ0v) is 18.0. The van der Waals surface area contributed by atoms with Gasteiger partial charge in [-0.2, -0.15) is 0 Å². The fourth-order valence-electron chi connectivity index (χ4n) is 3.14. The Morgan fingerprint density at radius 1 is 1.31 bits per heavy atom. The summed E-state index contributed by atoms with van der Waals surface area (Å²) in [5.74, 6) is 0.732. The number of anilines is 1. The molecule has 0 spiro atoms. The minimum Gasteiger partial charge on any atom is -0.444 e. The number of guanidine groups is 1. The molecule has 1 aromatic carbocycles. The SMILES string of the molecule is CCN(CCNC(=NC)NCC1CC(=O)Nc2ccccc21)C(=O)OC(C)(C)C. The standard InChI is InChI=1S/C21H33N5O3/c1-6-26(20(28)29-21(2,3)4)12-11-23-19(22-5)24-14-15-13-18(27)25-17-10-8-7-9-16(15)17/h7-10,15H,6,11-14H2,1-5H3,(H,25,27)(H2,22,23,24). The summed E-state index contributed by atoms with van der Waals surface area (Å²) in [4.78, 5) is 30.0. The van der Waals surface area contributed by atoms with E-state index in [0.717, 1.165) is 11.3 Å². The first-order chi connectivity index (χ1) is 13.7. The molecule has 3 N–H and O–H groups in total. The van der Waals surface area contributed by atoms with E-state index in [4.69, 9.17) is 4.74 Å². The first kappa shape index (κ1) is 22.5. The summed E-state index contributed by atoms with van der Waals surface area (Å²) >= 11 is 0. The van der Waals surface area contributed by atoms with Gasteiger partial charge < -0.3 is 25.6 Å². The number of likely N-dealkylation sites (N-methyl/N-ethyl adjacent to an activating group) is 1. The Labute approximate surface area is 173 Å². The third kappa shape index (κ3) is 6.96. The van der Waals surface area contributed by atoms with E-state index in [0.29, 0.717) is 38.6 Å². The summed E-state index contributed by atoms with van der Waals surface area (Å²) < 4.78 is 5.42. The average Bonchev–Trinajstić information content (AvgIpc) is 2.65. The van der Waals surface area contributed by atoms with Gasteiger partial charge >= 0.3 is 6.09 Å². The minimum atomic E-state index is -0.516. The Balaban J connectivity index is 1.84. The van der Waals surface area contributed by atoms with Gasteiger partial charge in [0.1, 0.15) is 5.60 Å². The predicted molar refractivity (Wildman–Crippen MR) is 115 cm³/mol.